The Morgan fingerprint density at radius 2 is 1.73 bits per heavy atom. The molecule has 0 aromatic heterocycles. The first kappa shape index (κ1) is 30.3. The minimum absolute atomic E-state index is 0.000757. The number of methoxy groups -OCH3 is 1. The fourth-order valence-electron chi connectivity index (χ4n) is 5.16. The van der Waals surface area contributed by atoms with Crippen LogP contribution >= 0.6 is 0 Å². The number of rotatable bonds is 12. The van der Waals surface area contributed by atoms with E-state index in [0.29, 0.717) is 25.4 Å². The number of ether oxygens (including phenoxy) is 4. The van der Waals surface area contributed by atoms with Gasteiger partial charge in [-0.25, -0.2) is 13.2 Å². The Hall–Kier alpha value is -2.70. The molecule has 2 N–H and O–H groups in total. The van der Waals surface area contributed by atoms with Crippen molar-refractivity contribution in [2.45, 2.75) is 62.5 Å². The number of carbonyl (C=O) groups excluding carboxylic acids is 1. The van der Waals surface area contributed by atoms with Crippen LogP contribution in [-0.4, -0.2) is 81.9 Å². The van der Waals surface area contributed by atoms with Crippen molar-refractivity contribution in [1.29, 1.82) is 0 Å². The van der Waals surface area contributed by atoms with Crippen LogP contribution in [0.25, 0.3) is 0 Å². The van der Waals surface area contributed by atoms with Gasteiger partial charge in [-0.3, -0.25) is 0 Å². The first-order valence-electron chi connectivity index (χ1n) is 13.7. The molecule has 2 aromatic carbocycles. The first-order chi connectivity index (χ1) is 19.2. The van der Waals surface area contributed by atoms with Gasteiger partial charge in [-0.1, -0.05) is 44.2 Å². The van der Waals surface area contributed by atoms with Crippen molar-refractivity contribution >= 4 is 16.1 Å². The molecule has 2 aromatic rings. The minimum atomic E-state index is -3.94. The molecule has 4 rings (SSSR count). The number of hydrogen-bond donors (Lipinski definition) is 2. The van der Waals surface area contributed by atoms with E-state index in [2.05, 4.69) is 5.32 Å². The van der Waals surface area contributed by atoms with Crippen LogP contribution in [0.2, 0.25) is 0 Å². The summed E-state index contributed by atoms with van der Waals surface area (Å²) in [6, 6.07) is 14.8. The standard InChI is InChI=1S/C29H40N2O8S/c1-20(2)18-31(40(34,35)23-11-9-22(36-3)10-12-23)19-26(32)25(17-21-7-5-4-6-8-21)30-29(33)39-27-14-16-38-28-24(27)13-15-37-28/h4-12,20,24-28,32H,13-19H2,1-3H3,(H,30,33)/t24-,25-,26+,27-,28+/m0/s1. The van der Waals surface area contributed by atoms with E-state index in [9.17, 15) is 18.3 Å². The van der Waals surface area contributed by atoms with Crippen LogP contribution in [0.5, 0.6) is 5.75 Å². The number of nitrogens with one attached hydrogen (secondary N) is 1. The van der Waals surface area contributed by atoms with E-state index in [1.54, 1.807) is 12.1 Å². The Morgan fingerprint density at radius 1 is 1.05 bits per heavy atom. The zero-order valence-electron chi connectivity index (χ0n) is 23.3. The number of aliphatic hydroxyl groups excluding tert-OH is 1. The smallest absolute Gasteiger partial charge is 0.407 e. The molecule has 0 unspecified atom stereocenters. The third kappa shape index (κ3) is 7.73. The molecule has 5 atom stereocenters. The van der Waals surface area contributed by atoms with Crippen molar-refractivity contribution in [3.63, 3.8) is 0 Å². The highest BCUT2D eigenvalue weighted by molar-refractivity contribution is 7.89. The summed E-state index contributed by atoms with van der Waals surface area (Å²) in [7, 11) is -2.43. The minimum Gasteiger partial charge on any atom is -0.497 e. The highest BCUT2D eigenvalue weighted by Gasteiger charge is 2.41. The number of benzene rings is 2. The molecule has 0 spiro atoms. The van der Waals surface area contributed by atoms with Crippen LogP contribution in [0.3, 0.4) is 0 Å². The second-order valence-electron chi connectivity index (χ2n) is 10.7. The molecule has 0 radical (unpaired) electrons. The van der Waals surface area contributed by atoms with Crippen molar-refractivity contribution in [3.8, 4) is 5.75 Å². The van der Waals surface area contributed by atoms with Gasteiger partial charge in [-0.2, -0.15) is 4.31 Å². The van der Waals surface area contributed by atoms with Crippen molar-refractivity contribution in [2.24, 2.45) is 11.8 Å². The fraction of sp³-hybridized carbons (Fsp3) is 0.552. The topological polar surface area (TPSA) is 124 Å². The normalized spacial score (nSPS) is 22.5. The van der Waals surface area contributed by atoms with E-state index in [0.717, 1.165) is 12.0 Å². The van der Waals surface area contributed by atoms with Gasteiger partial charge in [0.05, 0.1) is 37.4 Å². The van der Waals surface area contributed by atoms with Gasteiger partial charge in [0.25, 0.3) is 0 Å². The molecule has 2 saturated heterocycles. The number of carbonyl (C=O) groups is 1. The van der Waals surface area contributed by atoms with Crippen LogP contribution < -0.4 is 10.1 Å². The molecule has 2 fully saturated rings. The largest absolute Gasteiger partial charge is 0.497 e. The van der Waals surface area contributed by atoms with E-state index in [-0.39, 0.29) is 48.6 Å². The predicted molar refractivity (Wildman–Crippen MR) is 148 cm³/mol. The zero-order chi connectivity index (χ0) is 28.7. The van der Waals surface area contributed by atoms with Crippen molar-refractivity contribution in [3.05, 3.63) is 60.2 Å². The molecule has 2 heterocycles. The van der Waals surface area contributed by atoms with Crippen LogP contribution in [0, 0.1) is 11.8 Å². The number of sulfonamides is 1. The highest BCUT2D eigenvalue weighted by Crippen LogP contribution is 2.32. The van der Waals surface area contributed by atoms with Gasteiger partial charge in [0.1, 0.15) is 11.9 Å². The molecule has 2 aliphatic heterocycles. The number of fused-ring (bicyclic) bond motifs is 1. The van der Waals surface area contributed by atoms with Crippen LogP contribution in [0.15, 0.2) is 59.5 Å². The second kappa shape index (κ2) is 13.8. The number of hydrogen-bond acceptors (Lipinski definition) is 8. The van der Waals surface area contributed by atoms with Crippen molar-refractivity contribution in [2.75, 3.05) is 33.4 Å². The average molecular weight is 577 g/mol. The molecular weight excluding hydrogens is 536 g/mol. The number of nitrogens with zero attached hydrogens (tertiary/aromatic N) is 1. The van der Waals surface area contributed by atoms with Crippen LogP contribution in [0.1, 0.15) is 32.3 Å². The van der Waals surface area contributed by atoms with E-state index >= 15 is 0 Å². The van der Waals surface area contributed by atoms with Gasteiger partial charge in [0.2, 0.25) is 10.0 Å². The van der Waals surface area contributed by atoms with E-state index in [4.69, 9.17) is 18.9 Å². The molecule has 1 amide bonds. The fourth-order valence-corrected chi connectivity index (χ4v) is 6.78. The predicted octanol–water partition coefficient (Wildman–Crippen LogP) is 3.19. The number of alkyl carbamates (subject to hydrolysis) is 1. The molecule has 2 aliphatic rings. The lowest BCUT2D eigenvalue weighted by Gasteiger charge is -2.33. The summed E-state index contributed by atoms with van der Waals surface area (Å²) >= 11 is 0. The zero-order valence-corrected chi connectivity index (χ0v) is 24.1. The maximum Gasteiger partial charge on any atom is 0.407 e. The van der Waals surface area contributed by atoms with E-state index in [1.807, 2.05) is 44.2 Å². The molecule has 0 aliphatic carbocycles. The van der Waals surface area contributed by atoms with Crippen molar-refractivity contribution in [1.82, 2.24) is 9.62 Å². The Kier molecular flexibility index (Phi) is 10.4. The summed E-state index contributed by atoms with van der Waals surface area (Å²) in [5.41, 5.74) is 0.885. The third-order valence-electron chi connectivity index (χ3n) is 7.23. The molecular formula is C29H40N2O8S. The van der Waals surface area contributed by atoms with Gasteiger partial charge in [-0.15, -0.1) is 0 Å². The van der Waals surface area contributed by atoms with E-state index < -0.39 is 28.3 Å². The Morgan fingerprint density at radius 3 is 2.38 bits per heavy atom. The molecule has 0 bridgehead atoms. The van der Waals surface area contributed by atoms with Crippen molar-refractivity contribution < 1.29 is 37.3 Å². The molecule has 40 heavy (non-hydrogen) atoms. The number of aliphatic hydroxyl groups is 1. The molecule has 11 heteroatoms. The van der Waals surface area contributed by atoms with Gasteiger partial charge < -0.3 is 29.4 Å². The number of amides is 1. The quantitative estimate of drug-likeness (QED) is 0.395. The molecule has 220 valence electrons. The lowest BCUT2D eigenvalue weighted by molar-refractivity contribution is -0.179. The maximum atomic E-state index is 13.6. The van der Waals surface area contributed by atoms with Crippen LogP contribution in [0.4, 0.5) is 4.79 Å². The summed E-state index contributed by atoms with van der Waals surface area (Å²) in [5.74, 6) is 0.508. The van der Waals surface area contributed by atoms with Gasteiger partial charge in [0, 0.05) is 25.4 Å². The third-order valence-corrected chi connectivity index (χ3v) is 9.07. The Balaban J connectivity index is 1.51. The molecule has 0 saturated carbocycles. The maximum absolute atomic E-state index is 13.6. The Bertz CT molecular complexity index is 1190. The monoisotopic (exact) mass is 576 g/mol. The van der Waals surface area contributed by atoms with E-state index in [1.165, 1.54) is 23.5 Å². The molecule has 10 nitrogen and oxygen atoms in total. The van der Waals surface area contributed by atoms with Gasteiger partial charge >= 0.3 is 6.09 Å². The van der Waals surface area contributed by atoms with Crippen LogP contribution in [-0.2, 0) is 30.7 Å². The SMILES string of the molecule is COc1ccc(S(=O)(=O)N(CC(C)C)C[C@@H](O)[C@H](Cc2ccccc2)NC(=O)O[C@H]2CCO[C@H]3OCC[C@H]32)cc1. The lowest BCUT2D eigenvalue weighted by Crippen LogP contribution is -2.52. The second-order valence-corrected chi connectivity index (χ2v) is 12.6. The highest BCUT2D eigenvalue weighted by atomic mass is 32.2. The Labute approximate surface area is 236 Å². The summed E-state index contributed by atoms with van der Waals surface area (Å²) < 4.78 is 50.6. The summed E-state index contributed by atoms with van der Waals surface area (Å²) in [6.45, 7) is 4.80. The summed E-state index contributed by atoms with van der Waals surface area (Å²) in [5, 5.41) is 14.2. The van der Waals surface area contributed by atoms with Gasteiger partial charge in [0.15, 0.2) is 6.29 Å². The summed E-state index contributed by atoms with van der Waals surface area (Å²) in [4.78, 5) is 13.2. The average Bonchev–Trinajstić information content (AvgIpc) is 3.43. The first-order valence-corrected chi connectivity index (χ1v) is 15.2. The lowest BCUT2D eigenvalue weighted by atomic mass is 9.95. The summed E-state index contributed by atoms with van der Waals surface area (Å²) in [6.07, 6.45) is -1.01. The van der Waals surface area contributed by atoms with Gasteiger partial charge in [-0.05, 0) is 48.6 Å².